The van der Waals surface area contributed by atoms with Crippen molar-refractivity contribution in [2.45, 2.75) is 4.90 Å². The quantitative estimate of drug-likeness (QED) is 0.748. The van der Waals surface area contributed by atoms with Gasteiger partial charge in [0.15, 0.2) is 0 Å². The van der Waals surface area contributed by atoms with E-state index in [1.165, 1.54) is 37.7 Å². The first-order valence-electron chi connectivity index (χ1n) is 5.43. The lowest BCUT2D eigenvalue weighted by atomic mass is 10.2. The number of nitrogens with zero attached hydrogens (tertiary/aromatic N) is 1. The molecule has 2 aromatic rings. The van der Waals surface area contributed by atoms with E-state index in [-0.39, 0.29) is 16.6 Å². The van der Waals surface area contributed by atoms with Crippen molar-refractivity contribution in [1.82, 2.24) is 10.2 Å². The number of H-pyrrole nitrogens is 1. The number of aromatic amines is 1. The Morgan fingerprint density at radius 3 is 2.75 bits per heavy atom. The molecule has 0 radical (unpaired) electrons. The Balaban J connectivity index is 2.29. The Morgan fingerprint density at radius 1 is 1.45 bits per heavy atom. The van der Waals surface area contributed by atoms with E-state index in [0.717, 1.165) is 0 Å². The number of benzene rings is 1. The molecule has 0 fully saturated rings. The van der Waals surface area contributed by atoms with Crippen LogP contribution < -0.4 is 15.2 Å². The summed E-state index contributed by atoms with van der Waals surface area (Å²) in [6.07, 6.45) is 2.80. The van der Waals surface area contributed by atoms with E-state index in [1.807, 2.05) is 0 Å². The summed E-state index contributed by atoms with van der Waals surface area (Å²) < 4.78 is 27.6. The second-order valence-electron chi connectivity index (χ2n) is 3.85. The number of anilines is 1. The van der Waals surface area contributed by atoms with Crippen LogP contribution in [-0.4, -0.2) is 31.6 Å². The third-order valence-corrected chi connectivity index (χ3v) is 3.44. The number of ether oxygens (including phenoxy) is 1. The van der Waals surface area contributed by atoms with E-state index in [4.69, 9.17) is 9.88 Å². The molecule has 106 valence electrons. The van der Waals surface area contributed by atoms with Gasteiger partial charge in [0.2, 0.25) is 10.0 Å². The highest BCUT2D eigenvalue weighted by Gasteiger charge is 2.16. The summed E-state index contributed by atoms with van der Waals surface area (Å²) in [4.78, 5) is 11.7. The molecule has 0 spiro atoms. The van der Waals surface area contributed by atoms with Crippen LogP contribution in [0.25, 0.3) is 0 Å². The second kappa shape index (κ2) is 5.31. The molecule has 20 heavy (non-hydrogen) atoms. The van der Waals surface area contributed by atoms with E-state index < -0.39 is 10.0 Å². The van der Waals surface area contributed by atoms with Crippen LogP contribution in [0.15, 0.2) is 35.5 Å². The molecule has 0 aliphatic carbocycles. The summed E-state index contributed by atoms with van der Waals surface area (Å²) in [5.74, 6) is -0.332. The van der Waals surface area contributed by atoms with Crippen LogP contribution >= 0.6 is 0 Å². The molecule has 0 saturated heterocycles. The molecule has 1 aromatic heterocycles. The van der Waals surface area contributed by atoms with E-state index in [0.29, 0.717) is 11.3 Å². The van der Waals surface area contributed by atoms with Crippen LogP contribution in [0.5, 0.6) is 5.75 Å². The van der Waals surface area contributed by atoms with Crippen LogP contribution in [0.3, 0.4) is 0 Å². The molecule has 0 aliphatic heterocycles. The lowest BCUT2D eigenvalue weighted by Gasteiger charge is -2.09. The van der Waals surface area contributed by atoms with Gasteiger partial charge in [0, 0.05) is 18.0 Å². The molecular weight excluding hydrogens is 284 g/mol. The van der Waals surface area contributed by atoms with Crippen LogP contribution in [0.4, 0.5) is 5.69 Å². The second-order valence-corrected chi connectivity index (χ2v) is 5.38. The van der Waals surface area contributed by atoms with Crippen molar-refractivity contribution in [3.8, 4) is 5.75 Å². The van der Waals surface area contributed by atoms with E-state index >= 15 is 0 Å². The van der Waals surface area contributed by atoms with Crippen molar-refractivity contribution >= 4 is 21.6 Å². The summed E-state index contributed by atoms with van der Waals surface area (Å²) in [6.45, 7) is 0. The maximum absolute atomic E-state index is 11.8. The van der Waals surface area contributed by atoms with E-state index in [2.05, 4.69) is 15.5 Å². The van der Waals surface area contributed by atoms with Gasteiger partial charge in [0.05, 0.1) is 18.9 Å². The number of carbonyl (C=O) groups excluding carboxylic acids is 1. The monoisotopic (exact) mass is 296 g/mol. The Morgan fingerprint density at radius 2 is 2.20 bits per heavy atom. The Bertz CT molecular complexity index is 725. The smallest absolute Gasteiger partial charge is 0.258 e. The van der Waals surface area contributed by atoms with Gasteiger partial charge >= 0.3 is 0 Å². The van der Waals surface area contributed by atoms with Crippen molar-refractivity contribution in [3.63, 3.8) is 0 Å². The average molecular weight is 296 g/mol. The number of hydrogen-bond donors (Lipinski definition) is 3. The third kappa shape index (κ3) is 2.95. The van der Waals surface area contributed by atoms with Gasteiger partial charge in [0.25, 0.3) is 5.91 Å². The number of nitrogens with one attached hydrogen (secondary N) is 2. The van der Waals surface area contributed by atoms with Gasteiger partial charge in [-0.1, -0.05) is 0 Å². The molecule has 0 atom stereocenters. The number of aromatic nitrogens is 2. The number of rotatable bonds is 4. The van der Waals surface area contributed by atoms with Crippen LogP contribution in [0, 0.1) is 0 Å². The van der Waals surface area contributed by atoms with E-state index in [9.17, 15) is 13.2 Å². The zero-order valence-electron chi connectivity index (χ0n) is 10.5. The minimum absolute atomic E-state index is 0.0532. The molecule has 0 unspecified atom stereocenters. The van der Waals surface area contributed by atoms with Crippen molar-refractivity contribution in [2.24, 2.45) is 5.14 Å². The number of hydrogen-bond acceptors (Lipinski definition) is 5. The van der Waals surface area contributed by atoms with Crippen molar-refractivity contribution in [2.75, 3.05) is 12.4 Å². The topological polar surface area (TPSA) is 127 Å². The largest absolute Gasteiger partial charge is 0.495 e. The maximum Gasteiger partial charge on any atom is 0.258 e. The van der Waals surface area contributed by atoms with Crippen molar-refractivity contribution in [1.29, 1.82) is 0 Å². The summed E-state index contributed by atoms with van der Waals surface area (Å²) in [7, 11) is -2.58. The number of primary sulfonamides is 1. The first-order chi connectivity index (χ1) is 9.41. The fourth-order valence-corrected chi connectivity index (χ4v) is 2.24. The number of carbonyl (C=O) groups is 1. The minimum atomic E-state index is -3.89. The number of amides is 1. The van der Waals surface area contributed by atoms with Gasteiger partial charge in [-0.2, -0.15) is 5.10 Å². The molecule has 1 heterocycles. The standard InChI is InChI=1S/C11H12N4O4S/c1-19-9-4-8(2-3-10(9)20(12,17)18)15-11(16)7-5-13-14-6-7/h2-6H,1H3,(H,13,14)(H,15,16)(H2,12,17,18). The van der Waals surface area contributed by atoms with Gasteiger partial charge < -0.3 is 10.1 Å². The Kier molecular flexibility index (Phi) is 3.72. The predicted molar refractivity (Wildman–Crippen MR) is 70.9 cm³/mol. The van der Waals surface area contributed by atoms with Crippen LogP contribution in [0.1, 0.15) is 10.4 Å². The lowest BCUT2D eigenvalue weighted by molar-refractivity contribution is 0.102. The molecule has 0 saturated carbocycles. The molecule has 1 aromatic carbocycles. The highest BCUT2D eigenvalue weighted by molar-refractivity contribution is 7.89. The average Bonchev–Trinajstić information content (AvgIpc) is 2.91. The normalized spacial score (nSPS) is 11.1. The highest BCUT2D eigenvalue weighted by Crippen LogP contribution is 2.26. The Labute approximate surface area is 115 Å². The van der Waals surface area contributed by atoms with Gasteiger partial charge in [-0.3, -0.25) is 9.89 Å². The first-order valence-corrected chi connectivity index (χ1v) is 6.97. The van der Waals surface area contributed by atoms with Crippen LogP contribution in [0.2, 0.25) is 0 Å². The molecule has 2 rings (SSSR count). The number of nitrogens with two attached hydrogens (primary N) is 1. The molecule has 4 N–H and O–H groups in total. The summed E-state index contributed by atoms with van der Waals surface area (Å²) in [6, 6.07) is 4.05. The zero-order valence-corrected chi connectivity index (χ0v) is 11.3. The predicted octanol–water partition coefficient (Wildman–Crippen LogP) is 0.318. The first kappa shape index (κ1) is 14.0. The van der Waals surface area contributed by atoms with Gasteiger partial charge in [-0.25, -0.2) is 13.6 Å². The minimum Gasteiger partial charge on any atom is -0.495 e. The fourth-order valence-electron chi connectivity index (χ4n) is 1.56. The fraction of sp³-hybridized carbons (Fsp3) is 0.0909. The summed E-state index contributed by atoms with van der Waals surface area (Å²) in [5.41, 5.74) is 0.722. The number of methoxy groups -OCH3 is 1. The third-order valence-electron chi connectivity index (χ3n) is 2.49. The maximum atomic E-state index is 11.8. The molecule has 9 heteroatoms. The summed E-state index contributed by atoms with van der Waals surface area (Å²) in [5, 5.41) is 13.8. The van der Waals surface area contributed by atoms with Crippen molar-refractivity contribution < 1.29 is 17.9 Å². The number of sulfonamides is 1. The van der Waals surface area contributed by atoms with Gasteiger partial charge in [0.1, 0.15) is 10.6 Å². The lowest BCUT2D eigenvalue weighted by Crippen LogP contribution is -2.15. The zero-order chi connectivity index (χ0) is 14.8. The highest BCUT2D eigenvalue weighted by atomic mass is 32.2. The van der Waals surface area contributed by atoms with Crippen molar-refractivity contribution in [3.05, 3.63) is 36.2 Å². The van der Waals surface area contributed by atoms with Crippen LogP contribution in [-0.2, 0) is 10.0 Å². The van der Waals surface area contributed by atoms with Gasteiger partial charge in [-0.15, -0.1) is 0 Å². The molecular formula is C11H12N4O4S. The van der Waals surface area contributed by atoms with Gasteiger partial charge in [-0.05, 0) is 12.1 Å². The molecule has 1 amide bonds. The molecule has 0 bridgehead atoms. The summed E-state index contributed by atoms with van der Waals surface area (Å²) >= 11 is 0. The SMILES string of the molecule is COc1cc(NC(=O)c2cn[nH]c2)ccc1S(N)(=O)=O. The van der Waals surface area contributed by atoms with E-state index in [1.54, 1.807) is 0 Å². The molecule has 0 aliphatic rings. The Hall–Kier alpha value is -2.39. The molecule has 8 nitrogen and oxygen atoms in total.